The van der Waals surface area contributed by atoms with E-state index >= 15 is 0 Å². The second-order valence-electron chi connectivity index (χ2n) is 5.55. The van der Waals surface area contributed by atoms with Crippen LogP contribution in [0.2, 0.25) is 0 Å². The molecule has 0 saturated carbocycles. The number of aliphatic hydroxyl groups is 1. The maximum Gasteiger partial charge on any atom is 0.107 e. The fraction of sp³-hybridized carbons (Fsp3) is 0.750. The molecule has 0 radical (unpaired) electrons. The number of aliphatic hydroxyl groups excluding tert-OH is 1. The fourth-order valence-corrected chi connectivity index (χ4v) is 2.94. The summed E-state index contributed by atoms with van der Waals surface area (Å²) in [5.41, 5.74) is 1.31. The zero-order valence-electron chi connectivity index (χ0n) is 10.2. The van der Waals surface area contributed by atoms with E-state index in [1.165, 1.54) is 10.7 Å². The van der Waals surface area contributed by atoms with E-state index in [2.05, 4.69) is 36.0 Å². The van der Waals surface area contributed by atoms with Crippen molar-refractivity contribution >= 4 is 11.3 Å². The topological polar surface area (TPSA) is 36.4 Å². The zero-order valence-corrected chi connectivity index (χ0v) is 11.0. The second-order valence-corrected chi connectivity index (χ2v) is 6.50. The number of nitrogens with zero attached hydrogens (tertiary/aromatic N) is 2. The summed E-state index contributed by atoms with van der Waals surface area (Å²) in [6, 6.07) is 0. The summed E-state index contributed by atoms with van der Waals surface area (Å²) in [5.74, 6) is 0. The first-order valence-corrected chi connectivity index (χ1v) is 6.68. The Kier molecular flexibility index (Phi) is 3.33. The Morgan fingerprint density at radius 2 is 2.31 bits per heavy atom. The SMILES string of the molecule is CC(C)(C)c1csc(CN2CC[C@@H](O)C2)n1. The Labute approximate surface area is 101 Å². The Morgan fingerprint density at radius 3 is 2.81 bits per heavy atom. The van der Waals surface area contributed by atoms with Gasteiger partial charge in [-0.25, -0.2) is 4.98 Å². The average molecular weight is 240 g/mol. The molecule has 1 saturated heterocycles. The number of rotatable bonds is 2. The van der Waals surface area contributed by atoms with Gasteiger partial charge in [0.25, 0.3) is 0 Å². The number of β-amino-alcohol motifs (C(OH)–C–C–N with tert-alkyl or cyclic N) is 1. The van der Waals surface area contributed by atoms with E-state index in [0.717, 1.165) is 26.1 Å². The number of thiazole rings is 1. The summed E-state index contributed by atoms with van der Waals surface area (Å²) < 4.78 is 0. The lowest BCUT2D eigenvalue weighted by molar-refractivity contribution is 0.174. The third kappa shape index (κ3) is 2.81. The van der Waals surface area contributed by atoms with Gasteiger partial charge in [0.2, 0.25) is 0 Å². The minimum atomic E-state index is -0.137. The van der Waals surface area contributed by atoms with Crippen molar-refractivity contribution in [2.75, 3.05) is 13.1 Å². The van der Waals surface area contributed by atoms with Gasteiger partial charge in [-0.3, -0.25) is 4.90 Å². The van der Waals surface area contributed by atoms with Gasteiger partial charge < -0.3 is 5.11 Å². The van der Waals surface area contributed by atoms with Gasteiger partial charge in [-0.2, -0.15) is 0 Å². The molecule has 1 aromatic heterocycles. The van der Waals surface area contributed by atoms with E-state index in [1.807, 2.05) is 0 Å². The lowest BCUT2D eigenvalue weighted by Gasteiger charge is -2.15. The quantitative estimate of drug-likeness (QED) is 0.859. The van der Waals surface area contributed by atoms with Crippen molar-refractivity contribution in [2.45, 2.75) is 45.3 Å². The van der Waals surface area contributed by atoms with E-state index in [0.29, 0.717) is 0 Å². The predicted molar refractivity (Wildman–Crippen MR) is 66.7 cm³/mol. The molecule has 1 fully saturated rings. The smallest absolute Gasteiger partial charge is 0.107 e. The maximum atomic E-state index is 9.45. The third-order valence-electron chi connectivity index (χ3n) is 2.93. The van der Waals surface area contributed by atoms with Crippen LogP contribution in [0.4, 0.5) is 0 Å². The van der Waals surface area contributed by atoms with Crippen LogP contribution in [0.3, 0.4) is 0 Å². The van der Waals surface area contributed by atoms with E-state index in [-0.39, 0.29) is 11.5 Å². The fourth-order valence-electron chi connectivity index (χ4n) is 1.88. The van der Waals surface area contributed by atoms with Crippen LogP contribution >= 0.6 is 11.3 Å². The van der Waals surface area contributed by atoms with Crippen LogP contribution in [0.5, 0.6) is 0 Å². The molecule has 1 aliphatic rings. The molecule has 1 aliphatic heterocycles. The normalized spacial score (nSPS) is 22.9. The molecule has 1 aromatic rings. The first-order chi connectivity index (χ1) is 7.45. The Bertz CT molecular complexity index is 356. The maximum absolute atomic E-state index is 9.45. The number of hydrogen-bond acceptors (Lipinski definition) is 4. The van der Waals surface area contributed by atoms with Crippen molar-refractivity contribution in [2.24, 2.45) is 0 Å². The van der Waals surface area contributed by atoms with Crippen molar-refractivity contribution in [3.8, 4) is 0 Å². The molecular weight excluding hydrogens is 220 g/mol. The number of aromatic nitrogens is 1. The molecule has 16 heavy (non-hydrogen) atoms. The van der Waals surface area contributed by atoms with Gasteiger partial charge in [0, 0.05) is 23.9 Å². The molecule has 0 spiro atoms. The van der Waals surface area contributed by atoms with Gasteiger partial charge in [0.15, 0.2) is 0 Å². The molecule has 0 amide bonds. The van der Waals surface area contributed by atoms with Crippen molar-refractivity contribution in [3.05, 3.63) is 16.1 Å². The predicted octanol–water partition coefficient (Wildman–Crippen LogP) is 2.01. The molecule has 0 bridgehead atoms. The highest BCUT2D eigenvalue weighted by molar-refractivity contribution is 7.09. The summed E-state index contributed by atoms with van der Waals surface area (Å²) in [5, 5.41) is 12.8. The van der Waals surface area contributed by atoms with E-state index in [9.17, 15) is 5.11 Å². The molecule has 0 aromatic carbocycles. The Hall–Kier alpha value is -0.450. The number of likely N-dealkylation sites (tertiary alicyclic amines) is 1. The highest BCUT2D eigenvalue weighted by Gasteiger charge is 2.22. The van der Waals surface area contributed by atoms with E-state index in [4.69, 9.17) is 0 Å². The second kappa shape index (κ2) is 4.43. The molecule has 90 valence electrons. The molecule has 2 heterocycles. The van der Waals surface area contributed by atoms with Crippen molar-refractivity contribution < 1.29 is 5.11 Å². The Balaban J connectivity index is 1.98. The molecular formula is C12H20N2OS. The van der Waals surface area contributed by atoms with Gasteiger partial charge in [0.05, 0.1) is 18.3 Å². The molecule has 0 aliphatic carbocycles. The standard InChI is InChI=1S/C12H20N2OS/c1-12(2,3)10-8-16-11(13-10)7-14-5-4-9(15)6-14/h8-9,15H,4-7H2,1-3H3/t9-/m1/s1. The van der Waals surface area contributed by atoms with Crippen LogP contribution in [0, 0.1) is 0 Å². The third-order valence-corrected chi connectivity index (χ3v) is 3.76. The van der Waals surface area contributed by atoms with Gasteiger partial charge in [-0.1, -0.05) is 20.8 Å². The highest BCUT2D eigenvalue weighted by Crippen LogP contribution is 2.25. The minimum Gasteiger partial charge on any atom is -0.392 e. The molecule has 3 nitrogen and oxygen atoms in total. The molecule has 2 rings (SSSR count). The lowest BCUT2D eigenvalue weighted by Crippen LogP contribution is -2.21. The van der Waals surface area contributed by atoms with Crippen molar-refractivity contribution in [3.63, 3.8) is 0 Å². The van der Waals surface area contributed by atoms with Crippen LogP contribution in [0.1, 0.15) is 37.9 Å². The molecule has 4 heteroatoms. The van der Waals surface area contributed by atoms with E-state index in [1.54, 1.807) is 11.3 Å². The van der Waals surface area contributed by atoms with Gasteiger partial charge in [-0.05, 0) is 6.42 Å². The van der Waals surface area contributed by atoms with Crippen LogP contribution in [0.25, 0.3) is 0 Å². The van der Waals surface area contributed by atoms with E-state index < -0.39 is 0 Å². The molecule has 1 N–H and O–H groups in total. The lowest BCUT2D eigenvalue weighted by atomic mass is 9.93. The first kappa shape index (κ1) is 12.0. The van der Waals surface area contributed by atoms with Crippen LogP contribution in [-0.4, -0.2) is 34.2 Å². The molecule has 0 unspecified atom stereocenters. The summed E-state index contributed by atoms with van der Waals surface area (Å²) in [4.78, 5) is 6.94. The number of hydrogen-bond donors (Lipinski definition) is 1. The van der Waals surface area contributed by atoms with Gasteiger partial charge in [-0.15, -0.1) is 11.3 Å². The van der Waals surface area contributed by atoms with Crippen molar-refractivity contribution in [1.29, 1.82) is 0 Å². The van der Waals surface area contributed by atoms with Crippen molar-refractivity contribution in [1.82, 2.24) is 9.88 Å². The molecule has 1 atom stereocenters. The first-order valence-electron chi connectivity index (χ1n) is 5.80. The summed E-state index contributed by atoms with van der Waals surface area (Å²) in [6.45, 7) is 9.23. The summed E-state index contributed by atoms with van der Waals surface area (Å²) in [7, 11) is 0. The van der Waals surface area contributed by atoms with Gasteiger partial charge in [0.1, 0.15) is 5.01 Å². The summed E-state index contributed by atoms with van der Waals surface area (Å²) in [6.07, 6.45) is 0.763. The monoisotopic (exact) mass is 240 g/mol. The van der Waals surface area contributed by atoms with Crippen LogP contribution in [0.15, 0.2) is 5.38 Å². The summed E-state index contributed by atoms with van der Waals surface area (Å²) >= 11 is 1.73. The minimum absolute atomic E-state index is 0.137. The average Bonchev–Trinajstić information content (AvgIpc) is 2.74. The van der Waals surface area contributed by atoms with Gasteiger partial charge >= 0.3 is 0 Å². The Morgan fingerprint density at radius 1 is 1.56 bits per heavy atom. The van der Waals surface area contributed by atoms with Crippen LogP contribution < -0.4 is 0 Å². The van der Waals surface area contributed by atoms with Crippen LogP contribution in [-0.2, 0) is 12.0 Å². The highest BCUT2D eigenvalue weighted by atomic mass is 32.1. The zero-order chi connectivity index (χ0) is 11.8. The largest absolute Gasteiger partial charge is 0.392 e.